The first kappa shape index (κ1) is 20.1. The zero-order valence-electron chi connectivity index (χ0n) is 16.6. The van der Waals surface area contributed by atoms with E-state index >= 15 is 0 Å². The van der Waals surface area contributed by atoms with Gasteiger partial charge in [-0.05, 0) is 44.9 Å². The van der Waals surface area contributed by atoms with Crippen molar-refractivity contribution in [1.82, 2.24) is 4.90 Å². The summed E-state index contributed by atoms with van der Waals surface area (Å²) >= 11 is 0. The number of benzene rings is 1. The van der Waals surface area contributed by atoms with Gasteiger partial charge in [-0.2, -0.15) is 0 Å². The number of fused-ring (bicyclic) bond motifs is 2. The van der Waals surface area contributed by atoms with Crippen LogP contribution in [0.2, 0.25) is 0 Å². The van der Waals surface area contributed by atoms with Crippen molar-refractivity contribution in [3.05, 3.63) is 44.5 Å². The van der Waals surface area contributed by atoms with Crippen molar-refractivity contribution in [1.29, 1.82) is 0 Å². The van der Waals surface area contributed by atoms with Gasteiger partial charge < -0.3 is 23.9 Å². The van der Waals surface area contributed by atoms with Gasteiger partial charge in [-0.1, -0.05) is 0 Å². The molecular weight excluding hydrogens is 362 g/mol. The number of rotatable bonds is 6. The van der Waals surface area contributed by atoms with Crippen LogP contribution in [0.5, 0.6) is 0 Å². The molecule has 3 rings (SSSR count). The van der Waals surface area contributed by atoms with E-state index in [0.717, 1.165) is 27.7 Å². The van der Waals surface area contributed by atoms with Crippen LogP contribution in [0.3, 0.4) is 0 Å². The van der Waals surface area contributed by atoms with Gasteiger partial charge in [0, 0.05) is 29.4 Å². The molecule has 0 bridgehead atoms. The monoisotopic (exact) mass is 387 g/mol. The Morgan fingerprint density at radius 1 is 0.929 bits per heavy atom. The molecule has 28 heavy (non-hydrogen) atoms. The summed E-state index contributed by atoms with van der Waals surface area (Å²) in [6.07, 6.45) is -0.148. The van der Waals surface area contributed by atoms with Gasteiger partial charge in [-0.3, -0.25) is 4.79 Å². The van der Waals surface area contributed by atoms with Crippen LogP contribution in [0.25, 0.3) is 21.9 Å². The van der Waals surface area contributed by atoms with Crippen molar-refractivity contribution in [2.75, 3.05) is 26.3 Å². The average molecular weight is 387 g/mol. The molecule has 0 aliphatic carbocycles. The molecule has 0 radical (unpaired) electrons. The highest BCUT2D eigenvalue weighted by atomic mass is 16.4. The summed E-state index contributed by atoms with van der Waals surface area (Å²) in [4.78, 5) is 26.5. The first-order valence-corrected chi connectivity index (χ1v) is 9.25. The zero-order valence-corrected chi connectivity index (χ0v) is 16.6. The van der Waals surface area contributed by atoms with Crippen LogP contribution in [0.15, 0.2) is 19.7 Å². The van der Waals surface area contributed by atoms with Crippen LogP contribution in [-0.4, -0.2) is 47.3 Å². The third-order valence-corrected chi connectivity index (χ3v) is 5.36. The minimum atomic E-state index is -0.561. The first-order valence-electron chi connectivity index (χ1n) is 9.25. The largest absolute Gasteiger partial charge is 0.461 e. The molecule has 0 unspecified atom stereocenters. The summed E-state index contributed by atoms with van der Waals surface area (Å²) in [5.41, 5.74) is 3.36. The lowest BCUT2D eigenvalue weighted by molar-refractivity contribution is -0.131. The first-order chi connectivity index (χ1) is 13.3. The van der Waals surface area contributed by atoms with Crippen LogP contribution >= 0.6 is 0 Å². The molecule has 0 atom stereocenters. The van der Waals surface area contributed by atoms with Crippen molar-refractivity contribution in [2.45, 2.75) is 34.1 Å². The van der Waals surface area contributed by atoms with Gasteiger partial charge >= 0.3 is 5.63 Å². The zero-order chi connectivity index (χ0) is 20.6. The normalized spacial score (nSPS) is 11.5. The molecule has 3 aromatic rings. The highest BCUT2D eigenvalue weighted by molar-refractivity contribution is 6.00. The van der Waals surface area contributed by atoms with Gasteiger partial charge in [0.2, 0.25) is 5.91 Å². The van der Waals surface area contributed by atoms with Crippen molar-refractivity contribution < 1.29 is 23.8 Å². The lowest BCUT2D eigenvalue weighted by Crippen LogP contribution is -2.37. The van der Waals surface area contributed by atoms with Crippen LogP contribution < -0.4 is 5.63 Å². The van der Waals surface area contributed by atoms with Crippen LogP contribution in [0, 0.1) is 27.7 Å². The maximum atomic E-state index is 12.6. The fourth-order valence-corrected chi connectivity index (χ4v) is 3.56. The Kier molecular flexibility index (Phi) is 5.58. The Morgan fingerprint density at radius 2 is 1.50 bits per heavy atom. The molecule has 2 heterocycles. The lowest BCUT2D eigenvalue weighted by Gasteiger charge is -2.21. The standard InChI is InChI=1S/C21H25NO6/c1-11-14(4)27-19-13(3)20-16(9-15(11)19)12(2)17(21(26)28-20)10-18(25)22(5-7-23)6-8-24/h9,23-24H,5-8,10H2,1-4H3. The minimum Gasteiger partial charge on any atom is -0.461 e. The fourth-order valence-electron chi connectivity index (χ4n) is 3.56. The van der Waals surface area contributed by atoms with E-state index in [1.165, 1.54) is 4.90 Å². The molecule has 0 saturated carbocycles. The molecule has 1 amide bonds. The smallest absolute Gasteiger partial charge is 0.340 e. The Bertz CT molecular complexity index is 1100. The molecule has 150 valence electrons. The number of carbonyl (C=O) groups excluding carboxylic acids is 1. The van der Waals surface area contributed by atoms with E-state index in [1.54, 1.807) is 6.92 Å². The average Bonchev–Trinajstić information content (AvgIpc) is 2.94. The summed E-state index contributed by atoms with van der Waals surface area (Å²) in [6, 6.07) is 1.94. The number of carbonyl (C=O) groups is 1. The summed E-state index contributed by atoms with van der Waals surface area (Å²) in [6.45, 7) is 7.30. The predicted octanol–water partition coefficient (Wildman–Crippen LogP) is 2.13. The molecule has 2 aromatic heterocycles. The highest BCUT2D eigenvalue weighted by Crippen LogP contribution is 2.34. The van der Waals surface area contributed by atoms with Crippen molar-refractivity contribution in [2.24, 2.45) is 0 Å². The van der Waals surface area contributed by atoms with Gasteiger partial charge in [0.15, 0.2) is 0 Å². The third-order valence-electron chi connectivity index (χ3n) is 5.36. The number of aliphatic hydroxyl groups excluding tert-OH is 2. The molecular formula is C21H25NO6. The van der Waals surface area contributed by atoms with Crippen LogP contribution in [0.1, 0.15) is 28.0 Å². The molecule has 2 N–H and O–H groups in total. The second-order valence-electron chi connectivity index (χ2n) is 7.04. The Balaban J connectivity index is 2.14. The number of aryl methyl sites for hydroxylation is 4. The molecule has 7 nitrogen and oxygen atoms in total. The molecule has 0 fully saturated rings. The van der Waals surface area contributed by atoms with E-state index in [2.05, 4.69) is 0 Å². The van der Waals surface area contributed by atoms with Gasteiger partial charge in [0.1, 0.15) is 16.9 Å². The lowest BCUT2D eigenvalue weighted by atomic mass is 9.98. The Hall–Kier alpha value is -2.64. The number of hydrogen-bond donors (Lipinski definition) is 2. The SMILES string of the molecule is Cc1oc2c(C)c3oc(=O)c(CC(=O)N(CCO)CCO)c(C)c3cc2c1C. The number of amides is 1. The summed E-state index contributed by atoms with van der Waals surface area (Å²) < 4.78 is 11.4. The molecule has 0 aliphatic rings. The molecule has 1 aromatic carbocycles. The van der Waals surface area contributed by atoms with Gasteiger partial charge in [-0.25, -0.2) is 4.79 Å². The topological polar surface area (TPSA) is 104 Å². The Labute approximate surface area is 162 Å². The number of furan rings is 1. The van der Waals surface area contributed by atoms with Crippen molar-refractivity contribution >= 4 is 27.8 Å². The maximum Gasteiger partial charge on any atom is 0.340 e. The third kappa shape index (κ3) is 3.31. The van der Waals surface area contributed by atoms with Gasteiger partial charge in [0.05, 0.1) is 25.2 Å². The highest BCUT2D eigenvalue weighted by Gasteiger charge is 2.22. The molecule has 7 heteroatoms. The van der Waals surface area contributed by atoms with Crippen molar-refractivity contribution in [3.63, 3.8) is 0 Å². The number of nitrogens with zero attached hydrogens (tertiary/aromatic N) is 1. The number of hydrogen-bond acceptors (Lipinski definition) is 6. The second kappa shape index (κ2) is 7.77. The maximum absolute atomic E-state index is 12.6. The van der Waals surface area contributed by atoms with E-state index in [-0.39, 0.29) is 44.2 Å². The molecule has 0 spiro atoms. The molecule has 0 aliphatic heterocycles. The van der Waals surface area contributed by atoms with Crippen LogP contribution in [0.4, 0.5) is 0 Å². The summed E-state index contributed by atoms with van der Waals surface area (Å²) in [5.74, 6) is 0.471. The summed E-state index contributed by atoms with van der Waals surface area (Å²) in [7, 11) is 0. The van der Waals surface area contributed by atoms with E-state index in [1.807, 2.05) is 26.8 Å². The quantitative estimate of drug-likeness (QED) is 0.628. The van der Waals surface area contributed by atoms with E-state index < -0.39 is 5.63 Å². The Morgan fingerprint density at radius 3 is 2.11 bits per heavy atom. The second-order valence-corrected chi connectivity index (χ2v) is 7.04. The van der Waals surface area contributed by atoms with Crippen LogP contribution in [-0.2, 0) is 11.2 Å². The van der Waals surface area contributed by atoms with Gasteiger partial charge in [-0.15, -0.1) is 0 Å². The number of aliphatic hydroxyl groups is 2. The molecule has 0 saturated heterocycles. The predicted molar refractivity (Wildman–Crippen MR) is 106 cm³/mol. The van der Waals surface area contributed by atoms with E-state index in [4.69, 9.17) is 19.0 Å². The summed E-state index contributed by atoms with van der Waals surface area (Å²) in [5, 5.41) is 20.0. The minimum absolute atomic E-state index is 0.102. The van der Waals surface area contributed by atoms with Crippen molar-refractivity contribution in [3.8, 4) is 0 Å². The van der Waals surface area contributed by atoms with E-state index in [0.29, 0.717) is 16.7 Å². The van der Waals surface area contributed by atoms with Gasteiger partial charge in [0.25, 0.3) is 0 Å². The fraction of sp³-hybridized carbons (Fsp3) is 0.429. The van der Waals surface area contributed by atoms with E-state index in [9.17, 15) is 9.59 Å².